The molecule has 0 amide bonds. The van der Waals surface area contributed by atoms with E-state index in [4.69, 9.17) is 15.0 Å². The third-order valence-electron chi connectivity index (χ3n) is 15.7. The van der Waals surface area contributed by atoms with Gasteiger partial charge < -0.3 is 4.90 Å². The van der Waals surface area contributed by atoms with Crippen molar-refractivity contribution in [3.63, 3.8) is 0 Å². The number of benzene rings is 10. The fraction of sp³-hybridized carbons (Fsp3) is 0.125. The third kappa shape index (κ3) is 7.95. The van der Waals surface area contributed by atoms with Gasteiger partial charge >= 0.3 is 0 Å². The quantitative estimate of drug-likeness (QED) is 0.152. The highest BCUT2D eigenvalue weighted by Gasteiger charge is 2.53. The molecular weight excluding hydrogens is 921 g/mol. The fourth-order valence-corrected chi connectivity index (χ4v) is 11.7. The van der Waals surface area contributed by atoms with Gasteiger partial charge in [-0.2, -0.15) is 0 Å². The van der Waals surface area contributed by atoms with E-state index in [1.165, 1.54) is 77.9 Å². The predicted molar refractivity (Wildman–Crippen MR) is 315 cm³/mol. The third-order valence-corrected chi connectivity index (χ3v) is 15.7. The van der Waals surface area contributed by atoms with Crippen LogP contribution in [0.25, 0.3) is 78.7 Å². The molecule has 2 aliphatic rings. The first-order valence-electron chi connectivity index (χ1n) is 26.5. The average Bonchev–Trinajstić information content (AvgIpc) is 4.04. The zero-order valence-corrected chi connectivity index (χ0v) is 43.9. The summed E-state index contributed by atoms with van der Waals surface area (Å²) < 4.78 is 0. The van der Waals surface area contributed by atoms with Gasteiger partial charge in [-0.3, -0.25) is 0 Å². The van der Waals surface area contributed by atoms with Gasteiger partial charge in [0, 0.05) is 33.8 Å². The second kappa shape index (κ2) is 18.1. The van der Waals surface area contributed by atoms with E-state index in [-0.39, 0.29) is 10.8 Å². The molecule has 0 N–H and O–H groups in total. The monoisotopic (exact) mass is 978 g/mol. The molecule has 76 heavy (non-hydrogen) atoms. The van der Waals surface area contributed by atoms with Crippen LogP contribution in [-0.2, 0) is 16.2 Å². The number of nitrogens with zero attached hydrogens (tertiary/aromatic N) is 4. The van der Waals surface area contributed by atoms with Gasteiger partial charge in [0.15, 0.2) is 17.5 Å². The highest BCUT2D eigenvalue weighted by atomic mass is 15.1. The minimum atomic E-state index is -0.707. The van der Waals surface area contributed by atoms with Crippen molar-refractivity contribution in [1.29, 1.82) is 0 Å². The Balaban J connectivity index is 1.07. The van der Waals surface area contributed by atoms with Gasteiger partial charge in [0.05, 0.1) is 5.41 Å². The maximum Gasteiger partial charge on any atom is 0.164 e. The van der Waals surface area contributed by atoms with Crippen molar-refractivity contribution in [3.8, 4) is 78.7 Å². The van der Waals surface area contributed by atoms with Crippen LogP contribution in [0.2, 0.25) is 0 Å². The second-order valence-corrected chi connectivity index (χ2v) is 22.5. The van der Waals surface area contributed by atoms with Crippen molar-refractivity contribution in [2.24, 2.45) is 0 Å². The van der Waals surface area contributed by atoms with E-state index in [9.17, 15) is 0 Å². The van der Waals surface area contributed by atoms with Crippen LogP contribution in [0.1, 0.15) is 74.9 Å². The molecule has 13 rings (SSSR count). The van der Waals surface area contributed by atoms with E-state index in [0.29, 0.717) is 17.5 Å². The SMILES string of the molecule is CC(C)(C)c1ccc2c(c1)C1(c3cc(-c4nc(-c5ccccc5)nc(-c5ccccc5)n4)ccc3-c3ccc(N(c4ccc(-c5ccccc5)cc4)c4ccc(-c5ccccc5)cc4)cc31)c1cc(C(C)(C)C)ccc1-2. The highest BCUT2D eigenvalue weighted by molar-refractivity contribution is 5.97. The Morgan fingerprint density at radius 2 is 0.579 bits per heavy atom. The Morgan fingerprint density at radius 1 is 0.276 bits per heavy atom. The summed E-state index contributed by atoms with van der Waals surface area (Å²) in [6.07, 6.45) is 0. The Bertz CT molecular complexity index is 3760. The zero-order valence-electron chi connectivity index (χ0n) is 43.9. The second-order valence-electron chi connectivity index (χ2n) is 22.5. The topological polar surface area (TPSA) is 41.9 Å². The summed E-state index contributed by atoms with van der Waals surface area (Å²) in [5, 5.41) is 0. The van der Waals surface area contributed by atoms with Crippen molar-refractivity contribution in [2.45, 2.75) is 57.8 Å². The summed E-state index contributed by atoms with van der Waals surface area (Å²) in [5.74, 6) is 1.92. The molecule has 1 aromatic heterocycles. The van der Waals surface area contributed by atoms with E-state index in [1.54, 1.807) is 0 Å². The maximum absolute atomic E-state index is 5.30. The molecule has 1 spiro atoms. The number of rotatable bonds is 8. The van der Waals surface area contributed by atoms with Crippen molar-refractivity contribution in [3.05, 3.63) is 276 Å². The Labute approximate surface area is 447 Å². The summed E-state index contributed by atoms with van der Waals surface area (Å²) in [4.78, 5) is 18.1. The molecule has 11 aromatic rings. The van der Waals surface area contributed by atoms with E-state index >= 15 is 0 Å². The number of hydrogen-bond donors (Lipinski definition) is 0. The Hall–Kier alpha value is -8.99. The lowest BCUT2D eigenvalue weighted by atomic mass is 9.68. The molecule has 0 saturated heterocycles. The van der Waals surface area contributed by atoms with Crippen LogP contribution in [-0.4, -0.2) is 15.0 Å². The lowest BCUT2D eigenvalue weighted by Gasteiger charge is -2.34. The van der Waals surface area contributed by atoms with Crippen LogP contribution in [0.15, 0.2) is 243 Å². The fourth-order valence-electron chi connectivity index (χ4n) is 11.7. The minimum Gasteiger partial charge on any atom is -0.310 e. The molecule has 0 bridgehead atoms. The first kappa shape index (κ1) is 46.8. The summed E-state index contributed by atoms with van der Waals surface area (Å²) in [6.45, 7) is 14.0. The van der Waals surface area contributed by atoms with Gasteiger partial charge in [-0.1, -0.05) is 242 Å². The molecule has 0 fully saturated rings. The van der Waals surface area contributed by atoms with E-state index in [1.807, 2.05) is 36.4 Å². The van der Waals surface area contributed by atoms with E-state index < -0.39 is 5.41 Å². The minimum absolute atomic E-state index is 0.100. The lowest BCUT2D eigenvalue weighted by molar-refractivity contribution is 0.586. The first-order chi connectivity index (χ1) is 36.9. The Morgan fingerprint density at radius 3 is 0.987 bits per heavy atom. The van der Waals surface area contributed by atoms with E-state index in [2.05, 4.69) is 253 Å². The molecule has 4 nitrogen and oxygen atoms in total. The van der Waals surface area contributed by atoms with Crippen LogP contribution in [0.5, 0.6) is 0 Å². The van der Waals surface area contributed by atoms with Crippen molar-refractivity contribution < 1.29 is 0 Å². The van der Waals surface area contributed by atoms with Gasteiger partial charge in [-0.25, -0.2) is 15.0 Å². The first-order valence-corrected chi connectivity index (χ1v) is 26.5. The van der Waals surface area contributed by atoms with Crippen molar-refractivity contribution >= 4 is 17.1 Å². The zero-order chi connectivity index (χ0) is 51.8. The number of fused-ring (bicyclic) bond motifs is 10. The largest absolute Gasteiger partial charge is 0.310 e. The van der Waals surface area contributed by atoms with Gasteiger partial charge in [-0.05, 0) is 131 Å². The molecule has 1 heterocycles. The van der Waals surface area contributed by atoms with Crippen LogP contribution in [0, 0.1) is 0 Å². The normalized spacial score (nSPS) is 13.0. The summed E-state index contributed by atoms with van der Waals surface area (Å²) in [7, 11) is 0. The summed E-state index contributed by atoms with van der Waals surface area (Å²) in [6, 6.07) is 88.6. The van der Waals surface area contributed by atoms with Crippen LogP contribution in [0.3, 0.4) is 0 Å². The van der Waals surface area contributed by atoms with Crippen LogP contribution in [0.4, 0.5) is 17.1 Å². The van der Waals surface area contributed by atoms with Crippen LogP contribution < -0.4 is 4.90 Å². The van der Waals surface area contributed by atoms with Crippen molar-refractivity contribution in [1.82, 2.24) is 15.0 Å². The maximum atomic E-state index is 5.30. The van der Waals surface area contributed by atoms with Crippen LogP contribution >= 0.6 is 0 Å². The number of aromatic nitrogens is 3. The molecule has 0 unspecified atom stereocenters. The molecule has 10 aromatic carbocycles. The average molecular weight is 979 g/mol. The smallest absolute Gasteiger partial charge is 0.164 e. The van der Waals surface area contributed by atoms with Gasteiger partial charge in [0.25, 0.3) is 0 Å². The molecule has 2 aliphatic carbocycles. The highest BCUT2D eigenvalue weighted by Crippen LogP contribution is 2.64. The molecule has 0 aliphatic heterocycles. The lowest BCUT2D eigenvalue weighted by Crippen LogP contribution is -2.28. The van der Waals surface area contributed by atoms with Crippen molar-refractivity contribution in [2.75, 3.05) is 4.90 Å². The Kier molecular flexibility index (Phi) is 11.2. The molecular formula is C72H58N4. The molecule has 366 valence electrons. The molecule has 4 heteroatoms. The van der Waals surface area contributed by atoms with Gasteiger partial charge in [0.2, 0.25) is 0 Å². The van der Waals surface area contributed by atoms with E-state index in [0.717, 1.165) is 33.8 Å². The summed E-state index contributed by atoms with van der Waals surface area (Å²) in [5.41, 5.74) is 22.5. The predicted octanol–water partition coefficient (Wildman–Crippen LogP) is 18.6. The molecule has 0 atom stereocenters. The van der Waals surface area contributed by atoms with Gasteiger partial charge in [0.1, 0.15) is 0 Å². The standard InChI is InChI=1S/C72H58N4/c1-70(2,3)54-32-40-60-61-41-33-55(71(4,5)6)45-65(61)72(64(60)44-54)63-43-53(69-74-67(51-23-15-9-16-24-51)73-68(75-69)52-25-17-10-18-26-52)31-39-59(63)62-42-38-58(46-66(62)72)76(56-34-27-49(28-35-56)47-19-11-7-12-20-47)57-36-29-50(30-37-57)48-21-13-8-14-22-48/h7-46H,1-6H3. The molecule has 0 saturated carbocycles. The number of anilines is 3. The van der Waals surface area contributed by atoms with Gasteiger partial charge in [-0.15, -0.1) is 0 Å². The number of hydrogen-bond acceptors (Lipinski definition) is 4. The molecule has 0 radical (unpaired) electrons. The summed E-state index contributed by atoms with van der Waals surface area (Å²) >= 11 is 0.